The van der Waals surface area contributed by atoms with Crippen molar-refractivity contribution in [3.8, 4) is 0 Å². The van der Waals surface area contributed by atoms with Crippen molar-refractivity contribution in [3.05, 3.63) is 35.4 Å². The van der Waals surface area contributed by atoms with Crippen molar-refractivity contribution in [1.82, 2.24) is 4.90 Å². The van der Waals surface area contributed by atoms with Gasteiger partial charge in [-0.3, -0.25) is 9.59 Å². The van der Waals surface area contributed by atoms with E-state index in [-0.39, 0.29) is 5.91 Å². The molecular weight excluding hydrogens is 278 g/mol. The molecule has 1 amide bonds. The third kappa shape index (κ3) is 4.09. The minimum absolute atomic E-state index is 0.0916. The zero-order valence-corrected chi connectivity index (χ0v) is 13.5. The number of carbonyl (C=O) groups is 2. The zero-order valence-electron chi connectivity index (χ0n) is 13.5. The number of carbonyl (C=O) groups excluding carboxylic acids is 1. The predicted molar refractivity (Wildman–Crippen MR) is 85.7 cm³/mol. The van der Waals surface area contributed by atoms with E-state index in [1.54, 1.807) is 11.8 Å². The molecule has 0 saturated carbocycles. The highest BCUT2D eigenvalue weighted by atomic mass is 16.4. The number of hydrogen-bond donors (Lipinski definition) is 1. The number of amides is 1. The second kappa shape index (κ2) is 6.95. The molecule has 1 atom stereocenters. The van der Waals surface area contributed by atoms with Crippen molar-refractivity contribution in [3.63, 3.8) is 0 Å². The molecule has 22 heavy (non-hydrogen) atoms. The number of aliphatic carboxylic acids is 1. The van der Waals surface area contributed by atoms with Gasteiger partial charge >= 0.3 is 5.97 Å². The summed E-state index contributed by atoms with van der Waals surface area (Å²) in [5.74, 6) is -0.712. The topological polar surface area (TPSA) is 57.6 Å². The fraction of sp³-hybridized carbons (Fsp3) is 0.556. The molecule has 4 nitrogen and oxygen atoms in total. The Bertz CT molecular complexity index is 538. The number of rotatable bonds is 6. The Morgan fingerprint density at radius 1 is 1.23 bits per heavy atom. The van der Waals surface area contributed by atoms with Gasteiger partial charge in [0, 0.05) is 19.5 Å². The molecule has 1 aliphatic rings. The van der Waals surface area contributed by atoms with E-state index < -0.39 is 11.4 Å². The van der Waals surface area contributed by atoms with Gasteiger partial charge in [-0.25, -0.2) is 0 Å². The minimum atomic E-state index is -0.804. The zero-order chi connectivity index (χ0) is 16.2. The number of hydrogen-bond acceptors (Lipinski definition) is 2. The maximum absolute atomic E-state index is 12.1. The van der Waals surface area contributed by atoms with E-state index >= 15 is 0 Å². The smallest absolute Gasteiger partial charge is 0.311 e. The Kier molecular flexibility index (Phi) is 5.22. The molecule has 0 bridgehead atoms. The number of carboxylic acid groups (broad SMARTS) is 1. The Balaban J connectivity index is 1.70. The van der Waals surface area contributed by atoms with Gasteiger partial charge in [-0.05, 0) is 45.1 Å². The van der Waals surface area contributed by atoms with Crippen LogP contribution >= 0.6 is 0 Å². The fourth-order valence-electron chi connectivity index (χ4n) is 2.87. The van der Waals surface area contributed by atoms with Crippen molar-refractivity contribution >= 4 is 11.9 Å². The summed E-state index contributed by atoms with van der Waals surface area (Å²) in [4.78, 5) is 25.0. The van der Waals surface area contributed by atoms with Crippen LogP contribution in [-0.4, -0.2) is 35.0 Å². The van der Waals surface area contributed by atoms with Gasteiger partial charge in [0.2, 0.25) is 5.91 Å². The third-order valence-corrected chi connectivity index (χ3v) is 4.57. The van der Waals surface area contributed by atoms with Gasteiger partial charge < -0.3 is 10.0 Å². The van der Waals surface area contributed by atoms with Gasteiger partial charge in [0.1, 0.15) is 0 Å². The number of carboxylic acids is 1. The third-order valence-electron chi connectivity index (χ3n) is 4.57. The summed E-state index contributed by atoms with van der Waals surface area (Å²) in [6.07, 6.45) is 3.89. The molecular formula is C18H25NO3. The van der Waals surface area contributed by atoms with Crippen LogP contribution in [0.15, 0.2) is 24.3 Å². The van der Waals surface area contributed by atoms with Gasteiger partial charge in [-0.1, -0.05) is 29.8 Å². The summed E-state index contributed by atoms with van der Waals surface area (Å²) in [6.45, 7) is 4.71. The molecule has 1 unspecified atom stereocenters. The Hall–Kier alpha value is -1.84. The highest BCUT2D eigenvalue weighted by molar-refractivity contribution is 5.80. The number of likely N-dealkylation sites (tertiary alicyclic amines) is 1. The molecule has 1 saturated heterocycles. The number of unbranched alkanes of at least 4 members (excludes halogenated alkanes) is 1. The molecule has 1 aromatic carbocycles. The van der Waals surface area contributed by atoms with E-state index in [1.807, 2.05) is 0 Å². The molecule has 120 valence electrons. The molecule has 1 N–H and O–H groups in total. The maximum atomic E-state index is 12.1. The molecule has 0 aromatic heterocycles. The molecule has 2 rings (SSSR count). The van der Waals surface area contributed by atoms with E-state index in [0.29, 0.717) is 25.9 Å². The first-order valence-electron chi connectivity index (χ1n) is 7.97. The van der Waals surface area contributed by atoms with Gasteiger partial charge in [0.15, 0.2) is 0 Å². The van der Waals surface area contributed by atoms with Crippen molar-refractivity contribution < 1.29 is 14.7 Å². The molecule has 0 radical (unpaired) electrons. The second-order valence-corrected chi connectivity index (χ2v) is 6.62. The molecule has 0 spiro atoms. The van der Waals surface area contributed by atoms with E-state index in [2.05, 4.69) is 31.2 Å². The van der Waals surface area contributed by atoms with Crippen LogP contribution in [0.4, 0.5) is 0 Å². The Morgan fingerprint density at radius 2 is 1.91 bits per heavy atom. The van der Waals surface area contributed by atoms with Crippen LogP contribution in [0.2, 0.25) is 0 Å². The Labute approximate surface area is 132 Å². The van der Waals surface area contributed by atoms with Crippen molar-refractivity contribution in [2.45, 2.75) is 46.0 Å². The van der Waals surface area contributed by atoms with Crippen LogP contribution in [0.25, 0.3) is 0 Å². The van der Waals surface area contributed by atoms with Crippen LogP contribution in [0.5, 0.6) is 0 Å². The van der Waals surface area contributed by atoms with E-state index in [4.69, 9.17) is 0 Å². The van der Waals surface area contributed by atoms with Crippen molar-refractivity contribution in [2.24, 2.45) is 5.41 Å². The highest BCUT2D eigenvalue weighted by Crippen LogP contribution is 2.30. The standard InChI is InChI=1S/C18H25NO3/c1-14-7-9-15(10-8-14)5-3-4-6-16(20)19-12-11-18(2,13-19)17(21)22/h7-10H,3-6,11-13H2,1-2H3,(H,21,22). The molecule has 0 aliphatic carbocycles. The summed E-state index contributed by atoms with van der Waals surface area (Å²) in [5.41, 5.74) is 1.80. The normalized spacial score (nSPS) is 21.1. The second-order valence-electron chi connectivity index (χ2n) is 6.62. The largest absolute Gasteiger partial charge is 0.481 e. The first-order valence-corrected chi connectivity index (χ1v) is 7.97. The molecule has 1 aromatic rings. The average Bonchev–Trinajstić information content (AvgIpc) is 2.89. The number of nitrogens with zero attached hydrogens (tertiary/aromatic N) is 1. The van der Waals surface area contributed by atoms with Gasteiger partial charge in [0.05, 0.1) is 5.41 Å². The number of benzene rings is 1. The van der Waals surface area contributed by atoms with E-state index in [9.17, 15) is 14.7 Å². The quantitative estimate of drug-likeness (QED) is 0.822. The van der Waals surface area contributed by atoms with Crippen molar-refractivity contribution in [1.29, 1.82) is 0 Å². The summed E-state index contributed by atoms with van der Waals surface area (Å²) in [7, 11) is 0. The van der Waals surface area contributed by atoms with Gasteiger partial charge in [0.25, 0.3) is 0 Å². The van der Waals surface area contributed by atoms with Crippen LogP contribution in [0.3, 0.4) is 0 Å². The summed E-state index contributed by atoms with van der Waals surface area (Å²) in [5, 5.41) is 9.19. The molecule has 1 aliphatic heterocycles. The summed E-state index contributed by atoms with van der Waals surface area (Å²) in [6, 6.07) is 8.49. The first-order chi connectivity index (χ1) is 10.4. The van der Waals surface area contributed by atoms with Crippen LogP contribution in [-0.2, 0) is 16.0 Å². The van der Waals surface area contributed by atoms with Crippen LogP contribution < -0.4 is 0 Å². The summed E-state index contributed by atoms with van der Waals surface area (Å²) >= 11 is 0. The number of aryl methyl sites for hydroxylation is 2. The lowest BCUT2D eigenvalue weighted by atomic mass is 9.90. The monoisotopic (exact) mass is 303 g/mol. The molecule has 1 heterocycles. The van der Waals surface area contributed by atoms with Crippen LogP contribution in [0.1, 0.15) is 43.7 Å². The highest BCUT2D eigenvalue weighted by Gasteiger charge is 2.41. The van der Waals surface area contributed by atoms with Gasteiger partial charge in [-0.15, -0.1) is 0 Å². The van der Waals surface area contributed by atoms with Crippen molar-refractivity contribution in [2.75, 3.05) is 13.1 Å². The minimum Gasteiger partial charge on any atom is -0.481 e. The van der Waals surface area contributed by atoms with Crippen LogP contribution in [0, 0.1) is 12.3 Å². The summed E-state index contributed by atoms with van der Waals surface area (Å²) < 4.78 is 0. The fourth-order valence-corrected chi connectivity index (χ4v) is 2.87. The van der Waals surface area contributed by atoms with E-state index in [1.165, 1.54) is 11.1 Å². The maximum Gasteiger partial charge on any atom is 0.311 e. The van der Waals surface area contributed by atoms with Gasteiger partial charge in [-0.2, -0.15) is 0 Å². The van der Waals surface area contributed by atoms with E-state index in [0.717, 1.165) is 19.3 Å². The molecule has 1 fully saturated rings. The predicted octanol–water partition coefficient (Wildman–Crippen LogP) is 3.03. The first kappa shape index (κ1) is 16.5. The molecule has 4 heteroatoms. The SMILES string of the molecule is Cc1ccc(CCCCC(=O)N2CCC(C)(C(=O)O)C2)cc1. The lowest BCUT2D eigenvalue weighted by molar-refractivity contribution is -0.147. The average molecular weight is 303 g/mol. The Morgan fingerprint density at radius 3 is 2.50 bits per heavy atom. The lowest BCUT2D eigenvalue weighted by Gasteiger charge is -2.20. The lowest BCUT2D eigenvalue weighted by Crippen LogP contribution is -2.34.